The summed E-state index contributed by atoms with van der Waals surface area (Å²) in [5.41, 5.74) is 5.47. The van der Waals surface area contributed by atoms with Gasteiger partial charge >= 0.3 is 0 Å². The first-order valence-electron chi connectivity index (χ1n) is 8.60. The molecule has 2 heterocycles. The van der Waals surface area contributed by atoms with E-state index in [9.17, 15) is 0 Å². The minimum Gasteiger partial charge on any atom is -0.317 e. The highest BCUT2D eigenvalue weighted by atomic mass is 15.4. The van der Waals surface area contributed by atoms with Gasteiger partial charge in [0.05, 0.1) is 16.7 Å². The predicted molar refractivity (Wildman–Crippen MR) is 103 cm³/mol. The van der Waals surface area contributed by atoms with Gasteiger partial charge in [0.15, 0.2) is 0 Å². The molecule has 3 heteroatoms. The molecular weight excluding hydrogens is 306 g/mol. The van der Waals surface area contributed by atoms with E-state index in [4.69, 9.17) is 4.98 Å². The third-order valence-corrected chi connectivity index (χ3v) is 5.06. The van der Waals surface area contributed by atoms with Gasteiger partial charge in [-0.25, -0.2) is 4.98 Å². The molecule has 0 atom stereocenters. The fourth-order valence-electron chi connectivity index (χ4n) is 4.05. The lowest BCUT2D eigenvalue weighted by Crippen LogP contribution is -2.46. The van der Waals surface area contributed by atoms with Crippen molar-refractivity contribution in [2.75, 3.05) is 4.90 Å². The van der Waals surface area contributed by atoms with Crippen molar-refractivity contribution in [1.82, 2.24) is 9.55 Å². The maximum atomic E-state index is 4.95. The zero-order valence-corrected chi connectivity index (χ0v) is 14.3. The Morgan fingerprint density at radius 1 is 0.760 bits per heavy atom. The quantitative estimate of drug-likeness (QED) is 0.457. The van der Waals surface area contributed by atoms with Crippen LogP contribution in [0, 0.1) is 0 Å². The van der Waals surface area contributed by atoms with E-state index in [-0.39, 0.29) is 5.66 Å². The second kappa shape index (κ2) is 4.96. The van der Waals surface area contributed by atoms with Crippen molar-refractivity contribution in [3.05, 3.63) is 78.9 Å². The molecule has 1 aromatic heterocycles. The summed E-state index contributed by atoms with van der Waals surface area (Å²) >= 11 is 0. The van der Waals surface area contributed by atoms with Crippen molar-refractivity contribution in [2.24, 2.45) is 0 Å². The van der Waals surface area contributed by atoms with E-state index < -0.39 is 0 Å². The molecule has 0 bridgehead atoms. The molecule has 122 valence electrons. The zero-order valence-electron chi connectivity index (χ0n) is 14.3. The standard InChI is InChI=1S/C22H19N3/c1-22(2)24(16-10-4-3-5-11-16)19-14-8-6-12-17(19)21-23-18-13-7-9-15-20(18)25(21)22/h3-15H,1-2H3. The van der Waals surface area contributed by atoms with Crippen molar-refractivity contribution >= 4 is 22.4 Å². The first-order chi connectivity index (χ1) is 12.2. The molecule has 0 spiro atoms. The van der Waals surface area contributed by atoms with E-state index in [0.717, 1.165) is 16.9 Å². The van der Waals surface area contributed by atoms with Gasteiger partial charge in [0, 0.05) is 11.3 Å². The van der Waals surface area contributed by atoms with Crippen LogP contribution in [0.25, 0.3) is 22.4 Å². The molecule has 0 radical (unpaired) electrons. The summed E-state index contributed by atoms with van der Waals surface area (Å²) in [4.78, 5) is 7.36. The van der Waals surface area contributed by atoms with Crippen molar-refractivity contribution in [2.45, 2.75) is 19.5 Å². The summed E-state index contributed by atoms with van der Waals surface area (Å²) in [5.74, 6) is 1.04. The average molecular weight is 325 g/mol. The van der Waals surface area contributed by atoms with E-state index in [1.54, 1.807) is 0 Å². The molecule has 0 amide bonds. The lowest BCUT2D eigenvalue weighted by molar-refractivity contribution is 0.371. The van der Waals surface area contributed by atoms with Gasteiger partial charge in [0.2, 0.25) is 0 Å². The Balaban J connectivity index is 1.90. The van der Waals surface area contributed by atoms with Crippen LogP contribution in [0.15, 0.2) is 78.9 Å². The van der Waals surface area contributed by atoms with Crippen LogP contribution in [-0.2, 0) is 5.66 Å². The second-order valence-corrected chi connectivity index (χ2v) is 6.94. The highest BCUT2D eigenvalue weighted by Gasteiger charge is 2.39. The van der Waals surface area contributed by atoms with Crippen molar-refractivity contribution in [1.29, 1.82) is 0 Å². The number of fused-ring (bicyclic) bond motifs is 5. The first-order valence-corrected chi connectivity index (χ1v) is 8.60. The Hall–Kier alpha value is -3.07. The molecule has 1 aliphatic heterocycles. The van der Waals surface area contributed by atoms with Crippen molar-refractivity contribution in [3.8, 4) is 11.4 Å². The van der Waals surface area contributed by atoms with Crippen LogP contribution in [0.3, 0.4) is 0 Å². The van der Waals surface area contributed by atoms with Gasteiger partial charge in [-0.2, -0.15) is 0 Å². The van der Waals surface area contributed by atoms with E-state index in [1.165, 1.54) is 16.9 Å². The van der Waals surface area contributed by atoms with Gasteiger partial charge in [0.25, 0.3) is 0 Å². The Kier molecular flexibility index (Phi) is 2.84. The summed E-state index contributed by atoms with van der Waals surface area (Å²) in [7, 11) is 0. The number of rotatable bonds is 1. The van der Waals surface area contributed by atoms with Crippen molar-refractivity contribution in [3.63, 3.8) is 0 Å². The number of hydrogen-bond donors (Lipinski definition) is 0. The molecule has 3 nitrogen and oxygen atoms in total. The predicted octanol–water partition coefficient (Wildman–Crippen LogP) is 5.55. The number of benzene rings is 3. The topological polar surface area (TPSA) is 21.1 Å². The average Bonchev–Trinajstić information content (AvgIpc) is 3.03. The maximum Gasteiger partial charge on any atom is 0.145 e. The first kappa shape index (κ1) is 14.3. The van der Waals surface area contributed by atoms with Crippen LogP contribution >= 0.6 is 0 Å². The minimum atomic E-state index is -0.277. The number of imidazole rings is 1. The third kappa shape index (κ3) is 1.89. The maximum absolute atomic E-state index is 4.95. The lowest BCUT2D eigenvalue weighted by atomic mass is 10.0. The Labute approximate surface area is 147 Å². The van der Waals surface area contributed by atoms with E-state index >= 15 is 0 Å². The number of anilines is 2. The van der Waals surface area contributed by atoms with E-state index in [2.05, 4.69) is 102 Å². The fourth-order valence-corrected chi connectivity index (χ4v) is 4.05. The SMILES string of the molecule is CC1(C)N(c2ccccc2)c2ccccc2-c2nc3ccccc3n21. The number of nitrogens with zero attached hydrogens (tertiary/aromatic N) is 3. The molecule has 0 fully saturated rings. The smallest absolute Gasteiger partial charge is 0.145 e. The number of hydrogen-bond acceptors (Lipinski definition) is 2. The van der Waals surface area contributed by atoms with Crippen LogP contribution in [0.1, 0.15) is 13.8 Å². The molecule has 25 heavy (non-hydrogen) atoms. The minimum absolute atomic E-state index is 0.277. The summed E-state index contributed by atoms with van der Waals surface area (Å²) in [6.07, 6.45) is 0. The summed E-state index contributed by atoms with van der Waals surface area (Å²) < 4.78 is 2.36. The second-order valence-electron chi connectivity index (χ2n) is 6.94. The Morgan fingerprint density at radius 2 is 1.44 bits per heavy atom. The van der Waals surface area contributed by atoms with Crippen LogP contribution in [-0.4, -0.2) is 9.55 Å². The largest absolute Gasteiger partial charge is 0.317 e. The molecule has 5 rings (SSSR count). The zero-order chi connectivity index (χ0) is 17.0. The normalized spacial score (nSPS) is 15.0. The molecule has 1 aliphatic rings. The highest BCUT2D eigenvalue weighted by molar-refractivity contribution is 5.89. The third-order valence-electron chi connectivity index (χ3n) is 5.06. The monoisotopic (exact) mass is 325 g/mol. The summed E-state index contributed by atoms with van der Waals surface area (Å²) in [6, 6.07) is 27.5. The van der Waals surface area contributed by atoms with Gasteiger partial charge in [-0.3, -0.25) is 0 Å². The van der Waals surface area contributed by atoms with Gasteiger partial charge in [0.1, 0.15) is 11.5 Å². The molecule has 4 aromatic rings. The number of para-hydroxylation sites is 4. The molecule has 0 saturated carbocycles. The molecule has 0 N–H and O–H groups in total. The lowest BCUT2D eigenvalue weighted by Gasteiger charge is -2.46. The van der Waals surface area contributed by atoms with Crippen LogP contribution in [0.2, 0.25) is 0 Å². The van der Waals surface area contributed by atoms with Crippen molar-refractivity contribution < 1.29 is 0 Å². The van der Waals surface area contributed by atoms with E-state index in [1.807, 2.05) is 0 Å². The van der Waals surface area contributed by atoms with Gasteiger partial charge in [-0.1, -0.05) is 42.5 Å². The summed E-state index contributed by atoms with van der Waals surface area (Å²) in [6.45, 7) is 4.51. The molecular formula is C22H19N3. The van der Waals surface area contributed by atoms with Gasteiger partial charge in [-0.15, -0.1) is 0 Å². The molecule has 3 aromatic carbocycles. The van der Waals surface area contributed by atoms with Crippen LogP contribution in [0.4, 0.5) is 11.4 Å². The van der Waals surface area contributed by atoms with E-state index in [0.29, 0.717) is 0 Å². The molecule has 0 saturated heterocycles. The fraction of sp³-hybridized carbons (Fsp3) is 0.136. The Morgan fingerprint density at radius 3 is 2.28 bits per heavy atom. The van der Waals surface area contributed by atoms with Gasteiger partial charge in [-0.05, 0) is 50.2 Å². The van der Waals surface area contributed by atoms with Gasteiger partial charge < -0.3 is 9.47 Å². The Bertz CT molecular complexity index is 1080. The molecule has 0 unspecified atom stereocenters. The summed E-state index contributed by atoms with van der Waals surface area (Å²) in [5, 5.41) is 0. The molecule has 0 aliphatic carbocycles. The highest BCUT2D eigenvalue weighted by Crippen LogP contribution is 2.48. The number of aromatic nitrogens is 2. The van der Waals surface area contributed by atoms with Crippen LogP contribution in [0.5, 0.6) is 0 Å². The van der Waals surface area contributed by atoms with Crippen LogP contribution < -0.4 is 4.90 Å².